The van der Waals surface area contributed by atoms with Gasteiger partial charge in [-0.3, -0.25) is 9.48 Å². The highest BCUT2D eigenvalue weighted by Crippen LogP contribution is 2.12. The van der Waals surface area contributed by atoms with E-state index in [-0.39, 0.29) is 14.3 Å². The quantitative estimate of drug-likeness (QED) is 0.591. The molecule has 1 aromatic heterocycles. The molecular formula is C9H13BN3O. The Morgan fingerprint density at radius 1 is 1.50 bits per heavy atom. The summed E-state index contributed by atoms with van der Waals surface area (Å²) in [4.78, 5) is 13.3. The molecule has 0 aromatic carbocycles. The number of hydrogen-bond acceptors (Lipinski definition) is 2. The summed E-state index contributed by atoms with van der Waals surface area (Å²) in [6.45, 7) is 3.62. The van der Waals surface area contributed by atoms with E-state index in [9.17, 15) is 4.79 Å². The molecule has 0 aliphatic carbocycles. The average molecular weight is 190 g/mol. The van der Waals surface area contributed by atoms with Crippen molar-refractivity contribution in [2.75, 3.05) is 13.6 Å². The molecule has 1 aliphatic heterocycles. The van der Waals surface area contributed by atoms with Crippen molar-refractivity contribution >= 4 is 14.3 Å². The molecular weight excluding hydrogens is 177 g/mol. The Bertz CT molecular complexity index is 348. The minimum absolute atomic E-state index is 0. The fourth-order valence-electron chi connectivity index (χ4n) is 1.53. The van der Waals surface area contributed by atoms with Crippen LogP contribution in [-0.2, 0) is 13.0 Å². The largest absolute Gasteiger partial charge is 0.339 e. The first-order chi connectivity index (χ1) is 6.22. The van der Waals surface area contributed by atoms with Crippen LogP contribution in [0.1, 0.15) is 23.1 Å². The van der Waals surface area contributed by atoms with Gasteiger partial charge in [0.05, 0.1) is 12.2 Å². The molecule has 1 amide bonds. The molecule has 0 bridgehead atoms. The second kappa shape index (κ2) is 3.86. The van der Waals surface area contributed by atoms with Crippen molar-refractivity contribution in [2.45, 2.75) is 19.9 Å². The van der Waals surface area contributed by atoms with Crippen molar-refractivity contribution in [3.63, 3.8) is 0 Å². The second-order valence-electron chi connectivity index (χ2n) is 3.32. The molecule has 0 N–H and O–H groups in total. The summed E-state index contributed by atoms with van der Waals surface area (Å²) in [5, 5.41) is 4.32. The van der Waals surface area contributed by atoms with Gasteiger partial charge in [-0.2, -0.15) is 5.10 Å². The minimum atomic E-state index is 0. The maximum absolute atomic E-state index is 11.6. The Kier molecular flexibility index (Phi) is 2.98. The lowest BCUT2D eigenvalue weighted by molar-refractivity contribution is 0.0743. The summed E-state index contributed by atoms with van der Waals surface area (Å²) >= 11 is 0. The van der Waals surface area contributed by atoms with Crippen LogP contribution in [0.4, 0.5) is 0 Å². The number of carbonyl (C=O) groups is 1. The lowest BCUT2D eigenvalue weighted by atomic mass is 10.2. The zero-order valence-corrected chi connectivity index (χ0v) is 8.53. The first-order valence-electron chi connectivity index (χ1n) is 4.54. The molecule has 4 nitrogen and oxygen atoms in total. The van der Waals surface area contributed by atoms with Gasteiger partial charge < -0.3 is 4.90 Å². The van der Waals surface area contributed by atoms with Gasteiger partial charge >= 0.3 is 0 Å². The van der Waals surface area contributed by atoms with E-state index in [1.54, 1.807) is 9.58 Å². The van der Waals surface area contributed by atoms with Crippen LogP contribution in [0.5, 0.6) is 0 Å². The average Bonchev–Trinajstić information content (AvgIpc) is 2.55. The van der Waals surface area contributed by atoms with Gasteiger partial charge in [-0.15, -0.1) is 0 Å². The third-order valence-corrected chi connectivity index (χ3v) is 2.41. The van der Waals surface area contributed by atoms with Crippen LogP contribution in [0, 0.1) is 0 Å². The van der Waals surface area contributed by atoms with E-state index in [4.69, 9.17) is 0 Å². The molecule has 2 rings (SSSR count). The van der Waals surface area contributed by atoms with Gasteiger partial charge in [-0.25, -0.2) is 0 Å². The Morgan fingerprint density at radius 3 is 2.86 bits per heavy atom. The standard InChI is InChI=1S/C9H13N3O.B/c1-3-7-6-8-9(13)11(2)4-5-12(8)10-7;/h6H,3-5H2,1-2H3;. The van der Waals surface area contributed by atoms with Crippen molar-refractivity contribution in [1.82, 2.24) is 14.7 Å². The third-order valence-electron chi connectivity index (χ3n) is 2.41. The number of nitrogens with zero attached hydrogens (tertiary/aromatic N) is 3. The van der Waals surface area contributed by atoms with Crippen molar-refractivity contribution in [3.05, 3.63) is 17.5 Å². The maximum atomic E-state index is 11.6. The van der Waals surface area contributed by atoms with E-state index in [0.717, 1.165) is 30.9 Å². The molecule has 0 spiro atoms. The smallest absolute Gasteiger partial charge is 0.271 e. The fraction of sp³-hybridized carbons (Fsp3) is 0.556. The molecule has 0 saturated carbocycles. The van der Waals surface area contributed by atoms with Crippen molar-refractivity contribution < 1.29 is 4.79 Å². The second-order valence-corrected chi connectivity index (χ2v) is 3.32. The van der Waals surface area contributed by atoms with Crippen LogP contribution in [0.25, 0.3) is 0 Å². The zero-order chi connectivity index (χ0) is 9.42. The van der Waals surface area contributed by atoms with Crippen LogP contribution in [0.15, 0.2) is 6.07 Å². The van der Waals surface area contributed by atoms with E-state index in [1.807, 2.05) is 20.0 Å². The number of aromatic nitrogens is 2. The molecule has 0 unspecified atom stereocenters. The number of aryl methyl sites for hydroxylation is 1. The Labute approximate surface area is 85.5 Å². The highest BCUT2D eigenvalue weighted by Gasteiger charge is 2.22. The minimum Gasteiger partial charge on any atom is -0.339 e. The number of fused-ring (bicyclic) bond motifs is 1. The summed E-state index contributed by atoms with van der Waals surface area (Å²) in [5.41, 5.74) is 1.73. The van der Waals surface area contributed by atoms with E-state index < -0.39 is 0 Å². The van der Waals surface area contributed by atoms with Gasteiger partial charge in [-0.05, 0) is 12.5 Å². The zero-order valence-electron chi connectivity index (χ0n) is 8.53. The summed E-state index contributed by atoms with van der Waals surface area (Å²) in [7, 11) is 1.82. The molecule has 14 heavy (non-hydrogen) atoms. The summed E-state index contributed by atoms with van der Waals surface area (Å²) in [5.74, 6) is 0.0819. The number of amides is 1. The predicted molar refractivity (Wildman–Crippen MR) is 54.3 cm³/mol. The van der Waals surface area contributed by atoms with Crippen LogP contribution < -0.4 is 0 Å². The molecule has 0 fully saturated rings. The van der Waals surface area contributed by atoms with E-state index in [2.05, 4.69) is 5.10 Å². The molecule has 0 atom stereocenters. The van der Waals surface area contributed by atoms with Crippen LogP contribution in [-0.4, -0.2) is 42.6 Å². The van der Waals surface area contributed by atoms with E-state index in [1.165, 1.54) is 0 Å². The number of likely N-dealkylation sites (N-methyl/N-ethyl adjacent to an activating group) is 1. The predicted octanol–water partition coefficient (Wildman–Crippen LogP) is 0.150. The lowest BCUT2D eigenvalue weighted by Gasteiger charge is -2.22. The van der Waals surface area contributed by atoms with Gasteiger partial charge in [0.2, 0.25) is 0 Å². The molecule has 3 radical (unpaired) electrons. The summed E-state index contributed by atoms with van der Waals surface area (Å²) in [6, 6.07) is 1.89. The Morgan fingerprint density at radius 2 is 2.21 bits per heavy atom. The van der Waals surface area contributed by atoms with Crippen molar-refractivity contribution in [1.29, 1.82) is 0 Å². The highest BCUT2D eigenvalue weighted by molar-refractivity contribution is 5.93. The molecule has 0 saturated heterocycles. The van der Waals surface area contributed by atoms with Crippen LogP contribution in [0.2, 0.25) is 0 Å². The molecule has 2 heterocycles. The SMILES string of the molecule is CCc1cc2n(n1)CCN(C)C2=O.[B]. The first kappa shape index (κ1) is 10.8. The van der Waals surface area contributed by atoms with Gasteiger partial charge in [0, 0.05) is 22.0 Å². The van der Waals surface area contributed by atoms with Crippen molar-refractivity contribution in [2.24, 2.45) is 0 Å². The molecule has 1 aliphatic rings. The number of rotatable bonds is 1. The van der Waals surface area contributed by atoms with Gasteiger partial charge in [0.1, 0.15) is 5.69 Å². The summed E-state index contributed by atoms with van der Waals surface area (Å²) < 4.78 is 1.81. The molecule has 73 valence electrons. The third kappa shape index (κ3) is 1.54. The Hall–Kier alpha value is -1.26. The topological polar surface area (TPSA) is 38.1 Å². The fourth-order valence-corrected chi connectivity index (χ4v) is 1.53. The maximum Gasteiger partial charge on any atom is 0.271 e. The normalized spacial score (nSPS) is 15.0. The van der Waals surface area contributed by atoms with Gasteiger partial charge in [0.25, 0.3) is 5.91 Å². The monoisotopic (exact) mass is 190 g/mol. The summed E-state index contributed by atoms with van der Waals surface area (Å²) in [6.07, 6.45) is 0.886. The Balaban J connectivity index is 0.000000980. The number of hydrogen-bond donors (Lipinski definition) is 0. The van der Waals surface area contributed by atoms with Gasteiger partial charge in [0.15, 0.2) is 0 Å². The van der Waals surface area contributed by atoms with E-state index in [0.29, 0.717) is 0 Å². The number of carbonyl (C=O) groups excluding carboxylic acids is 1. The van der Waals surface area contributed by atoms with E-state index >= 15 is 0 Å². The lowest BCUT2D eigenvalue weighted by Crippen LogP contribution is -2.37. The molecule has 5 heteroatoms. The van der Waals surface area contributed by atoms with Gasteiger partial charge in [-0.1, -0.05) is 6.92 Å². The van der Waals surface area contributed by atoms with Crippen LogP contribution in [0.3, 0.4) is 0 Å². The van der Waals surface area contributed by atoms with Crippen molar-refractivity contribution in [3.8, 4) is 0 Å². The first-order valence-corrected chi connectivity index (χ1v) is 4.54. The molecule has 1 aromatic rings. The van der Waals surface area contributed by atoms with Crippen LogP contribution >= 0.6 is 0 Å². The highest BCUT2D eigenvalue weighted by atomic mass is 16.2.